The maximum atomic E-state index is 13.6. The Morgan fingerprint density at radius 1 is 1.15 bits per heavy atom. The number of Topliss-reactive ketones (excluding diaryl/α,β-unsaturated/α-hetero) is 1. The first-order valence-electron chi connectivity index (χ1n) is 10.9. The number of methoxy groups -OCH3 is 1. The van der Waals surface area contributed by atoms with Gasteiger partial charge in [0.05, 0.1) is 29.7 Å². The van der Waals surface area contributed by atoms with Gasteiger partial charge < -0.3 is 14.6 Å². The fourth-order valence-electron chi connectivity index (χ4n) is 4.91. The Bertz CT molecular complexity index is 1150. The maximum absolute atomic E-state index is 13.6. The molecule has 172 valence electrons. The number of rotatable bonds is 5. The number of hydrogen-bond donors (Lipinski definition) is 1. The zero-order valence-corrected chi connectivity index (χ0v) is 20.4. The standard InChI is InChI=1S/C26H26BrNO5/c1-4-33-21-13-17(10-18(27)25(21)30)23-22(26(31)32-3)14(2)28-19-11-16(12-20(29)24(19)23)15-8-6-5-7-9-15/h5-10,13,16,23-24,30H,4,11-12H2,1-3H3/t16-,23-,24?/m1/s1. The number of halogens is 1. The van der Waals surface area contributed by atoms with Crippen molar-refractivity contribution in [1.82, 2.24) is 0 Å². The number of aromatic hydroxyl groups is 1. The van der Waals surface area contributed by atoms with Gasteiger partial charge in [0.15, 0.2) is 11.5 Å². The summed E-state index contributed by atoms with van der Waals surface area (Å²) >= 11 is 3.39. The number of ketones is 1. The van der Waals surface area contributed by atoms with Gasteiger partial charge in [0.2, 0.25) is 0 Å². The summed E-state index contributed by atoms with van der Waals surface area (Å²) in [7, 11) is 1.32. The first-order valence-corrected chi connectivity index (χ1v) is 11.7. The van der Waals surface area contributed by atoms with E-state index in [0.29, 0.717) is 46.5 Å². The molecule has 1 heterocycles. The third-order valence-corrected chi connectivity index (χ3v) is 6.94. The van der Waals surface area contributed by atoms with E-state index in [0.717, 1.165) is 11.3 Å². The molecule has 1 aliphatic heterocycles. The number of phenolic OH excluding ortho intramolecular Hbond substituents is 1. The highest BCUT2D eigenvalue weighted by atomic mass is 79.9. The Hall–Kier alpha value is -2.93. The number of hydrogen-bond acceptors (Lipinski definition) is 6. The Balaban J connectivity index is 1.84. The number of fused-ring (bicyclic) bond motifs is 1. The minimum atomic E-state index is -0.578. The quantitative estimate of drug-likeness (QED) is 0.550. The summed E-state index contributed by atoms with van der Waals surface area (Å²) in [6, 6.07) is 13.4. The molecule has 1 N–H and O–H groups in total. The summed E-state index contributed by atoms with van der Waals surface area (Å²) in [5, 5.41) is 10.4. The van der Waals surface area contributed by atoms with Crippen LogP contribution in [-0.4, -0.2) is 36.3 Å². The first-order chi connectivity index (χ1) is 15.8. The molecule has 0 aromatic heterocycles. The fraction of sp³-hybridized carbons (Fsp3) is 0.346. The molecule has 1 aliphatic carbocycles. The van der Waals surface area contributed by atoms with Gasteiger partial charge in [-0.1, -0.05) is 30.3 Å². The summed E-state index contributed by atoms with van der Waals surface area (Å²) < 4.78 is 11.1. The number of benzene rings is 2. The van der Waals surface area contributed by atoms with Crippen LogP contribution in [0.5, 0.6) is 11.5 Å². The number of carbonyl (C=O) groups is 2. The second kappa shape index (κ2) is 9.51. The Kier molecular flexibility index (Phi) is 6.70. The van der Waals surface area contributed by atoms with Crippen molar-refractivity contribution < 1.29 is 24.2 Å². The highest BCUT2D eigenvalue weighted by Crippen LogP contribution is 2.48. The molecule has 4 rings (SSSR count). The number of esters is 1. The molecule has 0 amide bonds. The van der Waals surface area contributed by atoms with Crippen LogP contribution in [0.15, 0.2) is 63.2 Å². The number of carbonyl (C=O) groups excluding carboxylic acids is 2. The predicted molar refractivity (Wildman–Crippen MR) is 129 cm³/mol. The molecule has 0 radical (unpaired) electrons. The molecule has 1 saturated carbocycles. The van der Waals surface area contributed by atoms with E-state index < -0.39 is 17.8 Å². The van der Waals surface area contributed by atoms with Gasteiger partial charge in [-0.2, -0.15) is 0 Å². The van der Waals surface area contributed by atoms with Gasteiger partial charge in [-0.25, -0.2) is 4.79 Å². The molecule has 33 heavy (non-hydrogen) atoms. The van der Waals surface area contributed by atoms with Crippen LogP contribution >= 0.6 is 15.9 Å². The van der Waals surface area contributed by atoms with Gasteiger partial charge >= 0.3 is 5.97 Å². The van der Waals surface area contributed by atoms with Crippen molar-refractivity contribution >= 4 is 33.4 Å². The molecule has 0 bridgehead atoms. The Morgan fingerprint density at radius 3 is 2.55 bits per heavy atom. The monoisotopic (exact) mass is 511 g/mol. The first kappa shape index (κ1) is 23.2. The van der Waals surface area contributed by atoms with Crippen molar-refractivity contribution in [2.75, 3.05) is 13.7 Å². The topological polar surface area (TPSA) is 85.2 Å². The van der Waals surface area contributed by atoms with Crippen LogP contribution in [0, 0.1) is 5.92 Å². The van der Waals surface area contributed by atoms with Crippen molar-refractivity contribution in [3.63, 3.8) is 0 Å². The van der Waals surface area contributed by atoms with Crippen LogP contribution in [-0.2, 0) is 14.3 Å². The average Bonchev–Trinajstić information content (AvgIpc) is 2.81. The van der Waals surface area contributed by atoms with Gasteiger partial charge in [0.1, 0.15) is 5.78 Å². The van der Waals surface area contributed by atoms with E-state index in [1.54, 1.807) is 19.1 Å². The van der Waals surface area contributed by atoms with E-state index in [2.05, 4.69) is 15.9 Å². The van der Waals surface area contributed by atoms with Crippen LogP contribution < -0.4 is 4.74 Å². The summed E-state index contributed by atoms with van der Waals surface area (Å²) in [5.41, 5.74) is 3.47. The number of phenols is 1. The third-order valence-electron chi connectivity index (χ3n) is 6.34. The summed E-state index contributed by atoms with van der Waals surface area (Å²) in [6.45, 7) is 3.96. The molecule has 2 aliphatic rings. The van der Waals surface area contributed by atoms with E-state index >= 15 is 0 Å². The lowest BCUT2D eigenvalue weighted by molar-refractivity contribution is -0.136. The predicted octanol–water partition coefficient (Wildman–Crippen LogP) is 5.30. The third kappa shape index (κ3) is 4.34. The Labute approximate surface area is 201 Å². The van der Waals surface area contributed by atoms with E-state index in [4.69, 9.17) is 14.5 Å². The molecule has 2 aromatic carbocycles. The smallest absolute Gasteiger partial charge is 0.336 e. The molecule has 1 unspecified atom stereocenters. The molecule has 0 saturated heterocycles. The minimum absolute atomic E-state index is 0.0234. The van der Waals surface area contributed by atoms with Gasteiger partial charge in [-0.15, -0.1) is 0 Å². The lowest BCUT2D eigenvalue weighted by atomic mass is 9.66. The van der Waals surface area contributed by atoms with Crippen molar-refractivity contribution in [2.24, 2.45) is 10.9 Å². The fourth-order valence-corrected chi connectivity index (χ4v) is 5.37. The highest BCUT2D eigenvalue weighted by molar-refractivity contribution is 9.10. The second-order valence-electron chi connectivity index (χ2n) is 8.31. The summed E-state index contributed by atoms with van der Waals surface area (Å²) in [6.07, 6.45) is 1.01. The van der Waals surface area contributed by atoms with Crippen LogP contribution in [0.3, 0.4) is 0 Å². The maximum Gasteiger partial charge on any atom is 0.336 e. The van der Waals surface area contributed by atoms with Gasteiger partial charge in [0.25, 0.3) is 0 Å². The normalized spacial score (nSPS) is 22.5. The summed E-state index contributed by atoms with van der Waals surface area (Å²) in [5.74, 6) is -1.32. The van der Waals surface area contributed by atoms with Crippen LogP contribution in [0.25, 0.3) is 0 Å². The molecule has 6 nitrogen and oxygen atoms in total. The molecular weight excluding hydrogens is 486 g/mol. The van der Waals surface area contributed by atoms with E-state index in [9.17, 15) is 14.7 Å². The number of ether oxygens (including phenoxy) is 2. The molecule has 7 heteroatoms. The second-order valence-corrected chi connectivity index (χ2v) is 9.17. The number of allylic oxidation sites excluding steroid dienone is 1. The lowest BCUT2D eigenvalue weighted by Crippen LogP contribution is -2.41. The van der Waals surface area contributed by atoms with Crippen molar-refractivity contribution in [2.45, 2.75) is 38.5 Å². The van der Waals surface area contributed by atoms with Gasteiger partial charge in [-0.05, 0) is 65.4 Å². The van der Waals surface area contributed by atoms with Crippen LogP contribution in [0.2, 0.25) is 0 Å². The SMILES string of the molecule is CCOc1cc([C@@H]2C(C(=O)OC)=C(C)N=C3C[C@@H](c4ccccc4)CC(=O)C32)cc(Br)c1O. The molecule has 3 atom stereocenters. The molecule has 0 spiro atoms. The lowest BCUT2D eigenvalue weighted by Gasteiger charge is -2.38. The zero-order chi connectivity index (χ0) is 23.7. The van der Waals surface area contributed by atoms with Crippen LogP contribution in [0.4, 0.5) is 0 Å². The van der Waals surface area contributed by atoms with E-state index in [1.807, 2.05) is 37.3 Å². The Morgan fingerprint density at radius 2 is 1.88 bits per heavy atom. The van der Waals surface area contributed by atoms with Crippen molar-refractivity contribution in [1.29, 1.82) is 0 Å². The van der Waals surface area contributed by atoms with E-state index in [-0.39, 0.29) is 17.5 Å². The minimum Gasteiger partial charge on any atom is -0.503 e. The van der Waals surface area contributed by atoms with Crippen molar-refractivity contribution in [3.05, 3.63) is 69.3 Å². The summed E-state index contributed by atoms with van der Waals surface area (Å²) in [4.78, 5) is 31.1. The van der Waals surface area contributed by atoms with Crippen LogP contribution in [0.1, 0.15) is 49.7 Å². The average molecular weight is 512 g/mol. The van der Waals surface area contributed by atoms with Gasteiger partial charge in [-0.3, -0.25) is 9.79 Å². The molecule has 2 aromatic rings. The van der Waals surface area contributed by atoms with E-state index in [1.165, 1.54) is 7.11 Å². The molecular formula is C26H26BrNO5. The van der Waals surface area contributed by atoms with Crippen molar-refractivity contribution in [3.8, 4) is 11.5 Å². The zero-order valence-electron chi connectivity index (χ0n) is 18.8. The largest absolute Gasteiger partial charge is 0.503 e. The highest BCUT2D eigenvalue weighted by Gasteiger charge is 2.46. The molecule has 1 fully saturated rings. The number of aliphatic imine (C=N–C) groups is 1. The number of nitrogens with zero attached hydrogens (tertiary/aromatic N) is 1. The van der Waals surface area contributed by atoms with Gasteiger partial charge in [0, 0.05) is 23.7 Å².